The van der Waals surface area contributed by atoms with Crippen LogP contribution in [0.25, 0.3) is 0 Å². The van der Waals surface area contributed by atoms with Gasteiger partial charge < -0.3 is 19.7 Å². The first-order chi connectivity index (χ1) is 10.8. The van der Waals surface area contributed by atoms with Crippen molar-refractivity contribution in [2.45, 2.75) is 38.0 Å². The van der Waals surface area contributed by atoms with Gasteiger partial charge >= 0.3 is 0 Å². The van der Waals surface area contributed by atoms with Gasteiger partial charge in [0.15, 0.2) is 0 Å². The number of ether oxygens (including phenoxy) is 2. The molecule has 1 aromatic carbocycles. The van der Waals surface area contributed by atoms with E-state index in [2.05, 4.69) is 10.2 Å². The summed E-state index contributed by atoms with van der Waals surface area (Å²) in [6.45, 7) is 5.90. The van der Waals surface area contributed by atoms with Crippen LogP contribution in [0.3, 0.4) is 0 Å². The maximum atomic E-state index is 13.8. The Kier molecular flexibility index (Phi) is 5.28. The highest BCUT2D eigenvalue weighted by Gasteiger charge is 2.31. The minimum atomic E-state index is -0.130. The Morgan fingerprint density at radius 1 is 1.27 bits per heavy atom. The van der Waals surface area contributed by atoms with E-state index in [1.807, 2.05) is 19.1 Å². The summed E-state index contributed by atoms with van der Waals surface area (Å²) in [7, 11) is 0. The van der Waals surface area contributed by atoms with Crippen LogP contribution in [-0.4, -0.2) is 51.1 Å². The normalized spacial score (nSPS) is 26.5. The molecule has 2 aliphatic heterocycles. The molecule has 2 saturated heterocycles. The van der Waals surface area contributed by atoms with Gasteiger partial charge in [-0.05, 0) is 31.9 Å². The summed E-state index contributed by atoms with van der Waals surface area (Å²) >= 11 is 0. The minimum Gasteiger partial charge on any atom is -0.377 e. The van der Waals surface area contributed by atoms with Crippen LogP contribution in [0.4, 0.5) is 10.1 Å². The molecule has 0 bridgehead atoms. The number of rotatable bonds is 5. The third-order valence-corrected chi connectivity index (χ3v) is 4.55. The summed E-state index contributed by atoms with van der Waals surface area (Å²) in [5, 5.41) is 3.67. The highest BCUT2D eigenvalue weighted by molar-refractivity contribution is 5.47. The molecule has 2 unspecified atom stereocenters. The van der Waals surface area contributed by atoms with Crippen molar-refractivity contribution in [3.8, 4) is 0 Å². The van der Waals surface area contributed by atoms with E-state index in [1.54, 1.807) is 6.07 Å². The molecule has 0 aliphatic carbocycles. The Hall–Kier alpha value is -1.17. The van der Waals surface area contributed by atoms with Crippen molar-refractivity contribution < 1.29 is 13.9 Å². The van der Waals surface area contributed by atoms with Crippen molar-refractivity contribution in [3.05, 3.63) is 30.1 Å². The van der Waals surface area contributed by atoms with E-state index in [0.717, 1.165) is 44.8 Å². The zero-order valence-electron chi connectivity index (χ0n) is 13.1. The molecule has 0 aromatic heterocycles. The van der Waals surface area contributed by atoms with Gasteiger partial charge in [-0.1, -0.05) is 12.1 Å². The lowest BCUT2D eigenvalue weighted by atomic mass is 10.0. The van der Waals surface area contributed by atoms with Crippen molar-refractivity contribution in [3.63, 3.8) is 0 Å². The second-order valence-electron chi connectivity index (χ2n) is 6.02. The summed E-state index contributed by atoms with van der Waals surface area (Å²) in [6.07, 6.45) is 2.20. The molecular formula is C17H25FN2O2. The summed E-state index contributed by atoms with van der Waals surface area (Å²) in [4.78, 5) is 2.14. The largest absolute Gasteiger partial charge is 0.377 e. The molecule has 4 nitrogen and oxygen atoms in total. The predicted octanol–water partition coefficient (Wildman–Crippen LogP) is 2.19. The average Bonchev–Trinajstić information content (AvgIpc) is 2.96. The van der Waals surface area contributed by atoms with Gasteiger partial charge in [-0.15, -0.1) is 0 Å². The second kappa shape index (κ2) is 7.40. The molecule has 2 aliphatic rings. The Morgan fingerprint density at radius 2 is 2.05 bits per heavy atom. The number of benzene rings is 1. The number of anilines is 1. The van der Waals surface area contributed by atoms with Gasteiger partial charge in [0.25, 0.3) is 0 Å². The standard InChI is InChI=1S/C17H25FN2O2/c1-2-22-17-12-21-11-15(17)19-13-7-9-20(10-8-13)16-6-4-3-5-14(16)18/h3-6,13,15,17,19H,2,7-12H2,1H3. The minimum absolute atomic E-state index is 0.130. The molecule has 0 amide bonds. The first-order valence-corrected chi connectivity index (χ1v) is 8.22. The fraction of sp³-hybridized carbons (Fsp3) is 0.647. The number of nitrogens with zero attached hydrogens (tertiary/aromatic N) is 1. The molecule has 22 heavy (non-hydrogen) atoms. The van der Waals surface area contributed by atoms with Crippen molar-refractivity contribution in [2.75, 3.05) is 37.8 Å². The summed E-state index contributed by atoms with van der Waals surface area (Å²) in [5.41, 5.74) is 0.720. The van der Waals surface area contributed by atoms with Crippen LogP contribution in [0, 0.1) is 5.82 Å². The van der Waals surface area contributed by atoms with Gasteiger partial charge in [-0.25, -0.2) is 4.39 Å². The molecule has 1 N–H and O–H groups in total. The van der Waals surface area contributed by atoms with Gasteiger partial charge in [0, 0.05) is 25.7 Å². The smallest absolute Gasteiger partial charge is 0.146 e. The maximum absolute atomic E-state index is 13.8. The molecule has 2 fully saturated rings. The molecule has 0 saturated carbocycles. The number of piperidine rings is 1. The number of para-hydroxylation sites is 1. The van der Waals surface area contributed by atoms with Gasteiger partial charge in [-0.3, -0.25) is 0 Å². The topological polar surface area (TPSA) is 33.7 Å². The highest BCUT2D eigenvalue weighted by Crippen LogP contribution is 2.23. The van der Waals surface area contributed by atoms with E-state index < -0.39 is 0 Å². The van der Waals surface area contributed by atoms with Gasteiger partial charge in [0.1, 0.15) is 5.82 Å². The number of hydrogen-bond acceptors (Lipinski definition) is 4. The van der Waals surface area contributed by atoms with Crippen LogP contribution in [0.1, 0.15) is 19.8 Å². The molecule has 2 heterocycles. The zero-order chi connectivity index (χ0) is 15.4. The van der Waals surface area contributed by atoms with E-state index in [9.17, 15) is 4.39 Å². The van der Waals surface area contributed by atoms with E-state index >= 15 is 0 Å². The molecule has 0 radical (unpaired) electrons. The Bertz CT molecular complexity index is 477. The van der Waals surface area contributed by atoms with Gasteiger partial charge in [-0.2, -0.15) is 0 Å². The highest BCUT2D eigenvalue weighted by atomic mass is 19.1. The van der Waals surface area contributed by atoms with E-state index in [-0.39, 0.29) is 18.0 Å². The number of nitrogens with one attached hydrogen (secondary N) is 1. The third-order valence-electron chi connectivity index (χ3n) is 4.55. The van der Waals surface area contributed by atoms with Crippen LogP contribution in [-0.2, 0) is 9.47 Å². The molecule has 5 heteroatoms. The molecular weight excluding hydrogens is 283 g/mol. The van der Waals surface area contributed by atoms with Crippen LogP contribution in [0.2, 0.25) is 0 Å². The van der Waals surface area contributed by atoms with E-state index in [1.165, 1.54) is 6.07 Å². The van der Waals surface area contributed by atoms with Crippen LogP contribution in [0.5, 0.6) is 0 Å². The van der Waals surface area contributed by atoms with Crippen molar-refractivity contribution >= 4 is 5.69 Å². The summed E-state index contributed by atoms with van der Waals surface area (Å²) in [6, 6.07) is 7.76. The zero-order valence-corrected chi connectivity index (χ0v) is 13.1. The van der Waals surface area contributed by atoms with E-state index in [0.29, 0.717) is 12.6 Å². The lowest BCUT2D eigenvalue weighted by Crippen LogP contribution is -2.50. The lowest BCUT2D eigenvalue weighted by molar-refractivity contribution is 0.0392. The first kappa shape index (κ1) is 15.7. The maximum Gasteiger partial charge on any atom is 0.146 e. The second-order valence-corrected chi connectivity index (χ2v) is 6.02. The van der Waals surface area contributed by atoms with Gasteiger partial charge in [0.2, 0.25) is 0 Å². The predicted molar refractivity (Wildman–Crippen MR) is 84.8 cm³/mol. The van der Waals surface area contributed by atoms with Gasteiger partial charge in [0.05, 0.1) is 31.0 Å². The summed E-state index contributed by atoms with van der Waals surface area (Å²) < 4.78 is 25.1. The van der Waals surface area contributed by atoms with Crippen molar-refractivity contribution in [2.24, 2.45) is 0 Å². The Balaban J connectivity index is 1.51. The Labute approximate surface area is 131 Å². The van der Waals surface area contributed by atoms with Crippen LogP contribution >= 0.6 is 0 Å². The quantitative estimate of drug-likeness (QED) is 0.904. The Morgan fingerprint density at radius 3 is 2.77 bits per heavy atom. The fourth-order valence-electron chi connectivity index (χ4n) is 3.37. The number of halogens is 1. The molecule has 2 atom stereocenters. The van der Waals surface area contributed by atoms with E-state index in [4.69, 9.17) is 9.47 Å². The SMILES string of the molecule is CCOC1COCC1NC1CCN(c2ccccc2F)CC1. The summed E-state index contributed by atoms with van der Waals surface area (Å²) in [5.74, 6) is -0.130. The van der Waals surface area contributed by atoms with Crippen molar-refractivity contribution in [1.29, 1.82) is 0 Å². The monoisotopic (exact) mass is 308 g/mol. The first-order valence-electron chi connectivity index (χ1n) is 8.22. The average molecular weight is 308 g/mol. The number of hydrogen-bond donors (Lipinski definition) is 1. The fourth-order valence-corrected chi connectivity index (χ4v) is 3.37. The third kappa shape index (κ3) is 3.59. The lowest BCUT2D eigenvalue weighted by Gasteiger charge is -2.36. The molecule has 3 rings (SSSR count). The van der Waals surface area contributed by atoms with Crippen LogP contribution < -0.4 is 10.2 Å². The molecule has 0 spiro atoms. The molecule has 122 valence electrons. The van der Waals surface area contributed by atoms with Crippen molar-refractivity contribution in [1.82, 2.24) is 5.32 Å². The molecule has 1 aromatic rings. The van der Waals surface area contributed by atoms with Crippen LogP contribution in [0.15, 0.2) is 24.3 Å².